The number of aromatic nitrogens is 2. The highest BCUT2D eigenvalue weighted by atomic mass is 19.1. The maximum Gasteiger partial charge on any atom is 0.224 e. The van der Waals surface area contributed by atoms with E-state index in [1.807, 2.05) is 19.9 Å². The molecule has 5 nitrogen and oxygen atoms in total. The average molecular weight is 290 g/mol. The van der Waals surface area contributed by atoms with Gasteiger partial charge in [0.1, 0.15) is 5.69 Å². The second-order valence-electron chi connectivity index (χ2n) is 4.95. The van der Waals surface area contributed by atoms with Gasteiger partial charge in [-0.1, -0.05) is 0 Å². The van der Waals surface area contributed by atoms with Gasteiger partial charge in [-0.25, -0.2) is 9.07 Å². The first-order chi connectivity index (χ1) is 10.0. The van der Waals surface area contributed by atoms with Crippen LogP contribution in [0.25, 0.3) is 5.69 Å². The van der Waals surface area contributed by atoms with Gasteiger partial charge in [-0.15, -0.1) is 0 Å². The molecule has 0 radical (unpaired) electrons. The Hall–Kier alpha value is -2.21. The van der Waals surface area contributed by atoms with Crippen LogP contribution in [0.15, 0.2) is 24.3 Å². The van der Waals surface area contributed by atoms with Crippen molar-refractivity contribution in [1.82, 2.24) is 9.78 Å². The number of anilines is 1. The lowest BCUT2D eigenvalue weighted by atomic mass is 10.2. The van der Waals surface area contributed by atoms with Crippen LogP contribution in [0.1, 0.15) is 24.2 Å². The van der Waals surface area contributed by atoms with E-state index in [4.69, 9.17) is 5.73 Å². The number of nitrogens with zero attached hydrogens (tertiary/aromatic N) is 2. The third-order valence-corrected chi connectivity index (χ3v) is 3.08. The third-order valence-electron chi connectivity index (χ3n) is 3.08. The highest BCUT2D eigenvalue weighted by molar-refractivity contribution is 5.90. The highest BCUT2D eigenvalue weighted by Crippen LogP contribution is 2.20. The molecule has 0 saturated heterocycles. The number of carbonyl (C=O) groups excluding carboxylic acids is 1. The predicted molar refractivity (Wildman–Crippen MR) is 79.9 cm³/mol. The Morgan fingerprint density at radius 3 is 2.71 bits per heavy atom. The van der Waals surface area contributed by atoms with Crippen molar-refractivity contribution in [3.8, 4) is 5.69 Å². The minimum absolute atomic E-state index is 0.168. The van der Waals surface area contributed by atoms with Crippen LogP contribution in [0.4, 0.5) is 10.1 Å². The predicted octanol–water partition coefficient (Wildman–Crippen LogP) is 2.31. The average Bonchev–Trinajstić information content (AvgIpc) is 2.75. The van der Waals surface area contributed by atoms with Gasteiger partial charge in [-0.2, -0.15) is 5.10 Å². The Bertz CT molecular complexity index is 651. The van der Waals surface area contributed by atoms with E-state index < -0.39 is 5.82 Å². The molecule has 0 saturated carbocycles. The summed E-state index contributed by atoms with van der Waals surface area (Å²) in [5, 5.41) is 6.90. The van der Waals surface area contributed by atoms with Crippen LogP contribution in [0.5, 0.6) is 0 Å². The van der Waals surface area contributed by atoms with Crippen molar-refractivity contribution in [3.05, 3.63) is 41.5 Å². The van der Waals surface area contributed by atoms with Crippen molar-refractivity contribution < 1.29 is 9.18 Å². The van der Waals surface area contributed by atoms with E-state index in [2.05, 4.69) is 10.4 Å². The molecule has 1 amide bonds. The number of benzene rings is 1. The lowest BCUT2D eigenvalue weighted by Crippen LogP contribution is -2.13. The standard InChI is InChI=1S/C15H19FN4O/c1-10-8-11(2)20(19-10)14-6-5-12(9-13(14)16)18-15(21)4-3-7-17/h5-6,8-9H,3-4,7,17H2,1-2H3,(H,18,21). The zero-order valence-electron chi connectivity index (χ0n) is 12.2. The number of amides is 1. The van der Waals surface area contributed by atoms with Gasteiger partial charge in [0.05, 0.1) is 5.69 Å². The zero-order chi connectivity index (χ0) is 15.4. The molecule has 1 aromatic carbocycles. The van der Waals surface area contributed by atoms with Gasteiger partial charge in [0.2, 0.25) is 5.91 Å². The SMILES string of the molecule is Cc1cc(C)n(-c2ccc(NC(=O)CCCN)cc2F)n1. The van der Waals surface area contributed by atoms with Crippen molar-refractivity contribution in [1.29, 1.82) is 0 Å². The molecule has 1 aromatic heterocycles. The van der Waals surface area contributed by atoms with Crippen LogP contribution in [-0.2, 0) is 4.79 Å². The summed E-state index contributed by atoms with van der Waals surface area (Å²) < 4.78 is 15.7. The summed E-state index contributed by atoms with van der Waals surface area (Å²) in [6.45, 7) is 4.17. The van der Waals surface area contributed by atoms with Gasteiger partial charge in [-0.05, 0) is 51.1 Å². The first-order valence-electron chi connectivity index (χ1n) is 6.84. The molecule has 0 unspecified atom stereocenters. The van der Waals surface area contributed by atoms with Crippen LogP contribution in [-0.4, -0.2) is 22.2 Å². The molecular weight excluding hydrogens is 271 g/mol. The highest BCUT2D eigenvalue weighted by Gasteiger charge is 2.11. The number of nitrogens with one attached hydrogen (secondary N) is 1. The molecule has 0 fully saturated rings. The Labute approximate surface area is 123 Å². The number of carbonyl (C=O) groups is 1. The largest absolute Gasteiger partial charge is 0.330 e. The first-order valence-corrected chi connectivity index (χ1v) is 6.84. The summed E-state index contributed by atoms with van der Waals surface area (Å²) in [4.78, 5) is 11.6. The molecule has 0 bridgehead atoms. The van der Waals surface area contributed by atoms with E-state index in [1.54, 1.807) is 16.8 Å². The topological polar surface area (TPSA) is 72.9 Å². The molecule has 0 atom stereocenters. The summed E-state index contributed by atoms with van der Waals surface area (Å²) in [7, 11) is 0. The molecule has 2 aromatic rings. The Kier molecular flexibility index (Phi) is 4.70. The molecule has 21 heavy (non-hydrogen) atoms. The molecule has 0 spiro atoms. The van der Waals surface area contributed by atoms with E-state index in [0.717, 1.165) is 11.4 Å². The smallest absolute Gasteiger partial charge is 0.224 e. The second kappa shape index (κ2) is 6.49. The number of rotatable bonds is 5. The molecule has 112 valence electrons. The fourth-order valence-corrected chi connectivity index (χ4v) is 2.12. The normalized spacial score (nSPS) is 10.7. The summed E-state index contributed by atoms with van der Waals surface area (Å²) >= 11 is 0. The molecular formula is C15H19FN4O. The molecule has 0 aliphatic heterocycles. The van der Waals surface area contributed by atoms with Gasteiger partial charge < -0.3 is 11.1 Å². The van der Waals surface area contributed by atoms with Gasteiger partial charge in [0, 0.05) is 17.8 Å². The number of aryl methyl sites for hydroxylation is 2. The molecule has 3 N–H and O–H groups in total. The maximum absolute atomic E-state index is 14.2. The van der Waals surface area contributed by atoms with Gasteiger partial charge in [0.15, 0.2) is 5.82 Å². The monoisotopic (exact) mass is 290 g/mol. The van der Waals surface area contributed by atoms with E-state index in [0.29, 0.717) is 30.8 Å². The lowest BCUT2D eigenvalue weighted by Gasteiger charge is -2.09. The molecule has 2 rings (SSSR count). The zero-order valence-corrected chi connectivity index (χ0v) is 12.2. The van der Waals surface area contributed by atoms with E-state index >= 15 is 0 Å². The first kappa shape index (κ1) is 15.2. The van der Waals surface area contributed by atoms with Crippen molar-refractivity contribution >= 4 is 11.6 Å². The second-order valence-corrected chi connectivity index (χ2v) is 4.95. The number of halogens is 1. The summed E-state index contributed by atoms with van der Waals surface area (Å²) in [5.41, 5.74) is 7.81. The molecule has 6 heteroatoms. The fourth-order valence-electron chi connectivity index (χ4n) is 2.12. The van der Waals surface area contributed by atoms with Crippen molar-refractivity contribution in [2.45, 2.75) is 26.7 Å². The minimum atomic E-state index is -0.433. The van der Waals surface area contributed by atoms with Gasteiger partial charge in [-0.3, -0.25) is 4.79 Å². The van der Waals surface area contributed by atoms with Gasteiger partial charge >= 0.3 is 0 Å². The van der Waals surface area contributed by atoms with E-state index in [1.165, 1.54) is 6.07 Å². The lowest BCUT2D eigenvalue weighted by molar-refractivity contribution is -0.116. The maximum atomic E-state index is 14.2. The number of hydrogen-bond donors (Lipinski definition) is 2. The molecule has 0 aliphatic carbocycles. The van der Waals surface area contributed by atoms with E-state index in [9.17, 15) is 9.18 Å². The van der Waals surface area contributed by atoms with Crippen LogP contribution >= 0.6 is 0 Å². The Morgan fingerprint density at radius 2 is 2.14 bits per heavy atom. The summed E-state index contributed by atoms with van der Waals surface area (Å²) in [6, 6.07) is 6.44. The van der Waals surface area contributed by atoms with Crippen LogP contribution < -0.4 is 11.1 Å². The van der Waals surface area contributed by atoms with Crippen molar-refractivity contribution in [2.24, 2.45) is 5.73 Å². The molecule has 0 aliphatic rings. The van der Waals surface area contributed by atoms with Crippen LogP contribution in [0, 0.1) is 19.7 Å². The van der Waals surface area contributed by atoms with Crippen molar-refractivity contribution in [3.63, 3.8) is 0 Å². The van der Waals surface area contributed by atoms with Crippen LogP contribution in [0.3, 0.4) is 0 Å². The Morgan fingerprint density at radius 1 is 1.38 bits per heavy atom. The quantitative estimate of drug-likeness (QED) is 0.887. The minimum Gasteiger partial charge on any atom is -0.330 e. The van der Waals surface area contributed by atoms with Crippen LogP contribution in [0.2, 0.25) is 0 Å². The van der Waals surface area contributed by atoms with Crippen molar-refractivity contribution in [2.75, 3.05) is 11.9 Å². The number of nitrogens with two attached hydrogens (primary N) is 1. The third kappa shape index (κ3) is 3.66. The Balaban J connectivity index is 2.18. The fraction of sp³-hybridized carbons (Fsp3) is 0.333. The number of hydrogen-bond acceptors (Lipinski definition) is 3. The van der Waals surface area contributed by atoms with E-state index in [-0.39, 0.29) is 5.91 Å². The van der Waals surface area contributed by atoms with Gasteiger partial charge in [0.25, 0.3) is 0 Å². The summed E-state index contributed by atoms with van der Waals surface area (Å²) in [6.07, 6.45) is 0.940. The molecule has 1 heterocycles. The summed E-state index contributed by atoms with van der Waals surface area (Å²) in [5.74, 6) is -0.600.